The van der Waals surface area contributed by atoms with Gasteiger partial charge in [0, 0.05) is 0 Å². The third-order valence-electron chi connectivity index (χ3n) is 1.12. The summed E-state index contributed by atoms with van der Waals surface area (Å²) in [5.74, 6) is 0. The summed E-state index contributed by atoms with van der Waals surface area (Å²) in [6.07, 6.45) is -16.2. The molecule has 0 heterocycles. The second kappa shape index (κ2) is 4.91. The van der Waals surface area contributed by atoms with E-state index in [0.717, 1.165) is 6.92 Å². The Morgan fingerprint density at radius 2 is 1.56 bits per heavy atom. The van der Waals surface area contributed by atoms with Crippen molar-refractivity contribution < 1.29 is 44.8 Å². The predicted octanol–water partition coefficient (Wildman–Crippen LogP) is 2.00. The van der Waals surface area contributed by atoms with Gasteiger partial charge < -0.3 is 9.42 Å². The second-order valence-corrected chi connectivity index (χ2v) is 3.80. The molecule has 11 heteroatoms. The van der Waals surface area contributed by atoms with Gasteiger partial charge in [-0.05, 0) is 6.92 Å². The minimum atomic E-state index is -5.89. The van der Waals surface area contributed by atoms with Crippen molar-refractivity contribution in [2.24, 2.45) is 0 Å². The lowest BCUT2D eigenvalue weighted by atomic mass is 10.3. The van der Waals surface area contributed by atoms with Gasteiger partial charge in [0.25, 0.3) is 13.9 Å². The average molecular weight is 275 g/mol. The maximum Gasteiger partial charge on any atom is 0.424 e. The van der Waals surface area contributed by atoms with E-state index in [4.69, 9.17) is 0 Å². The van der Waals surface area contributed by atoms with E-state index in [1.165, 1.54) is 0 Å². The molecule has 98 valence electrons. The van der Waals surface area contributed by atoms with Crippen LogP contribution in [0.4, 0.5) is 26.3 Å². The monoisotopic (exact) mass is 275 g/mol. The predicted molar refractivity (Wildman–Crippen MR) is 36.2 cm³/mol. The quantitative estimate of drug-likeness (QED) is 0.581. The van der Waals surface area contributed by atoms with E-state index < -0.39 is 32.9 Å². The first-order chi connectivity index (χ1) is 6.90. The van der Waals surface area contributed by atoms with Crippen LogP contribution in [0.2, 0.25) is 0 Å². The Labute approximate surface area is 85.8 Å². The molecule has 16 heavy (non-hydrogen) atoms. The van der Waals surface area contributed by atoms with E-state index in [-0.39, 0.29) is 0 Å². The Kier molecular flexibility index (Phi) is 4.81. The van der Waals surface area contributed by atoms with E-state index in [9.17, 15) is 35.8 Å². The molecule has 1 unspecified atom stereocenters. The maximum absolute atomic E-state index is 11.8. The van der Waals surface area contributed by atoms with Gasteiger partial charge in [0.1, 0.15) is 0 Å². The summed E-state index contributed by atoms with van der Waals surface area (Å²) in [7, 11) is -5.63. The first-order valence-electron chi connectivity index (χ1n) is 3.67. The molecule has 0 aromatic rings. The van der Waals surface area contributed by atoms with Crippen LogP contribution in [-0.2, 0) is 13.6 Å². The normalized spacial score (nSPS) is 17.6. The minimum absolute atomic E-state index is 0.636. The zero-order valence-corrected chi connectivity index (χ0v) is 8.53. The Hall–Kier alpha value is -0.310. The highest BCUT2D eigenvalue weighted by atomic mass is 31.2. The topological polar surface area (TPSA) is 58.6 Å². The molecule has 0 saturated carbocycles. The zero-order chi connectivity index (χ0) is 13.2. The number of rotatable bonds is 4. The zero-order valence-electron chi connectivity index (χ0n) is 7.63. The number of hydrogen-bond acceptors (Lipinski definition) is 4. The molecule has 4 nitrogen and oxygen atoms in total. The molecule has 0 rings (SSSR count). The second-order valence-electron chi connectivity index (χ2n) is 2.43. The number of halogens is 6. The number of alkyl halides is 6. The van der Waals surface area contributed by atoms with E-state index in [0.29, 0.717) is 0 Å². The maximum atomic E-state index is 11.8. The summed E-state index contributed by atoms with van der Waals surface area (Å²) in [5.41, 5.74) is 0. The molecule has 0 N–H and O–H groups in total. The van der Waals surface area contributed by atoms with Crippen molar-refractivity contribution in [2.75, 3.05) is 6.61 Å². The molecule has 1 atom stereocenters. The minimum Gasteiger partial charge on any atom is -0.756 e. The first-order valence-corrected chi connectivity index (χ1v) is 5.13. The molecule has 0 amide bonds. The molecule has 0 fully saturated rings. The molecular formula is C5H6F6O4P-. The van der Waals surface area contributed by atoms with Gasteiger partial charge in [-0.25, -0.2) is 0 Å². The summed E-state index contributed by atoms with van der Waals surface area (Å²) in [4.78, 5) is 10.5. The van der Waals surface area contributed by atoms with Gasteiger partial charge in [0.15, 0.2) is 0 Å². The summed E-state index contributed by atoms with van der Waals surface area (Å²) >= 11 is 0. The van der Waals surface area contributed by atoms with Gasteiger partial charge in [-0.3, -0.25) is 9.09 Å². The van der Waals surface area contributed by atoms with Gasteiger partial charge >= 0.3 is 12.4 Å². The van der Waals surface area contributed by atoms with Crippen LogP contribution in [-0.4, -0.2) is 25.1 Å². The molecule has 0 aromatic heterocycles. The number of phosphoric ester groups is 1. The molecule has 0 aliphatic heterocycles. The van der Waals surface area contributed by atoms with Crippen molar-refractivity contribution in [1.29, 1.82) is 0 Å². The highest BCUT2D eigenvalue weighted by Gasteiger charge is 2.59. The molecular weight excluding hydrogens is 269 g/mol. The van der Waals surface area contributed by atoms with Crippen molar-refractivity contribution in [1.82, 2.24) is 0 Å². The van der Waals surface area contributed by atoms with Crippen LogP contribution >= 0.6 is 7.82 Å². The van der Waals surface area contributed by atoms with Crippen molar-refractivity contribution in [3.05, 3.63) is 0 Å². The van der Waals surface area contributed by atoms with Crippen LogP contribution in [0.15, 0.2) is 0 Å². The number of hydrogen-bond donors (Lipinski definition) is 0. The Balaban J connectivity index is 4.91. The van der Waals surface area contributed by atoms with Gasteiger partial charge in [0.2, 0.25) is 0 Å². The van der Waals surface area contributed by atoms with E-state index in [1.54, 1.807) is 0 Å². The lowest BCUT2D eigenvalue weighted by Crippen LogP contribution is -2.44. The molecule has 0 spiro atoms. The van der Waals surface area contributed by atoms with Crippen LogP contribution in [0.5, 0.6) is 0 Å². The molecule has 0 radical (unpaired) electrons. The average Bonchev–Trinajstić information content (AvgIpc) is 1.96. The van der Waals surface area contributed by atoms with E-state index in [2.05, 4.69) is 9.05 Å². The lowest BCUT2D eigenvalue weighted by molar-refractivity contribution is -0.322. The number of phosphoric acid groups is 1. The smallest absolute Gasteiger partial charge is 0.424 e. The third-order valence-corrected chi connectivity index (χ3v) is 2.16. The molecule has 0 aliphatic carbocycles. The highest BCUT2D eigenvalue weighted by Crippen LogP contribution is 2.47. The van der Waals surface area contributed by atoms with Gasteiger partial charge in [-0.15, -0.1) is 0 Å². The summed E-state index contributed by atoms with van der Waals surface area (Å²) in [5, 5.41) is 0. The van der Waals surface area contributed by atoms with Crippen LogP contribution in [0.3, 0.4) is 0 Å². The Bertz CT molecular complexity index is 259. The lowest BCUT2D eigenvalue weighted by Gasteiger charge is -2.29. The Morgan fingerprint density at radius 3 is 1.81 bits per heavy atom. The fourth-order valence-electron chi connectivity index (χ4n) is 0.623. The standard InChI is InChI=1S/C5H7F6O4P/c1-2-14-16(12,13)15-3(4(6,7)8)5(9,10)11/h3H,2H2,1H3,(H,12,13)/p-1. The van der Waals surface area contributed by atoms with Crippen LogP contribution in [0.1, 0.15) is 6.92 Å². The van der Waals surface area contributed by atoms with Crippen molar-refractivity contribution in [3.8, 4) is 0 Å². The van der Waals surface area contributed by atoms with E-state index >= 15 is 0 Å². The summed E-state index contributed by atoms with van der Waals surface area (Å²) in [6.45, 7) is 0.424. The summed E-state index contributed by atoms with van der Waals surface area (Å²) < 4.78 is 88.0. The fourth-order valence-corrected chi connectivity index (χ4v) is 1.50. The van der Waals surface area contributed by atoms with Crippen LogP contribution in [0, 0.1) is 0 Å². The molecule has 0 saturated heterocycles. The largest absolute Gasteiger partial charge is 0.756 e. The van der Waals surface area contributed by atoms with E-state index in [1.807, 2.05) is 0 Å². The van der Waals surface area contributed by atoms with Crippen molar-refractivity contribution in [2.45, 2.75) is 25.4 Å². The highest BCUT2D eigenvalue weighted by molar-refractivity contribution is 7.45. The first kappa shape index (κ1) is 15.7. The Morgan fingerprint density at radius 1 is 1.19 bits per heavy atom. The molecule has 0 aromatic carbocycles. The van der Waals surface area contributed by atoms with Gasteiger partial charge in [0.05, 0.1) is 6.61 Å². The third kappa shape index (κ3) is 5.15. The fraction of sp³-hybridized carbons (Fsp3) is 1.00. The SMILES string of the molecule is CCOP(=O)([O-])OC(C(F)(F)F)C(F)(F)F. The van der Waals surface area contributed by atoms with Gasteiger partial charge in [-0.2, -0.15) is 26.3 Å². The van der Waals surface area contributed by atoms with Crippen molar-refractivity contribution >= 4 is 7.82 Å². The van der Waals surface area contributed by atoms with Crippen LogP contribution < -0.4 is 4.89 Å². The molecule has 0 bridgehead atoms. The van der Waals surface area contributed by atoms with Crippen molar-refractivity contribution in [3.63, 3.8) is 0 Å². The summed E-state index contributed by atoms with van der Waals surface area (Å²) in [6, 6.07) is 0. The molecule has 0 aliphatic rings. The van der Waals surface area contributed by atoms with Gasteiger partial charge in [-0.1, -0.05) is 0 Å². The van der Waals surface area contributed by atoms with Crippen LogP contribution in [0.25, 0.3) is 0 Å².